The zero-order valence-corrected chi connectivity index (χ0v) is 47.8. The van der Waals surface area contributed by atoms with Gasteiger partial charge in [0.2, 0.25) is 0 Å². The minimum absolute atomic E-state index is 0.0145. The Balaban J connectivity index is 0.000000158. The number of nitrogens with zero attached hydrogens (tertiary/aromatic N) is 7. The van der Waals surface area contributed by atoms with Crippen molar-refractivity contribution < 1.29 is 19.8 Å². The summed E-state index contributed by atoms with van der Waals surface area (Å²) in [6.07, 6.45) is 11.2. The largest absolute Gasteiger partial charge is 0.481 e. The highest BCUT2D eigenvalue weighted by Gasteiger charge is 2.44. The number of benzene rings is 7. The Hall–Kier alpha value is -9.71. The van der Waals surface area contributed by atoms with Crippen LogP contribution in [0.5, 0.6) is 0 Å². The zero-order valence-electron chi connectivity index (χ0n) is 46.2. The number of thiazole rings is 2. The quantitative estimate of drug-likeness (QED) is 0.140. The molecule has 0 bridgehead atoms. The van der Waals surface area contributed by atoms with Gasteiger partial charge in [-0.3, -0.25) is 4.79 Å². The molecule has 9 aromatic rings. The predicted molar refractivity (Wildman–Crippen MR) is 332 cm³/mol. The van der Waals surface area contributed by atoms with Gasteiger partial charge >= 0.3 is 11.9 Å². The number of hydrogen-bond donors (Lipinski definition) is 2. The predicted octanol–water partition coefficient (Wildman–Crippen LogP) is 12.7. The summed E-state index contributed by atoms with van der Waals surface area (Å²) in [6, 6.07) is 63.2. The number of anilines is 4. The standard InChI is InChI=1S/C39H31N3O2S.C32H24N4O2S/c1-39(2)31-13-7-6-11-26(31)28-21-25(16-17-32(28)39)42-33-14-8-12-27(33)29-19-23(15-18-34(29)42)20-35-36(24-9-4-3-5-10-24)41-37(45-35)30(22-40)38(43)44;33-18-23(19-34)32-35-31(22-5-2-1-3-6-22)29(39-32)16-21-11-14-28-26(15-21)25-7-4-8-27(25)36(28)24-12-9-20(10-13-24)17-30(37)38/h3-7,9-11,13,15-21,27,33H,8,12,14H2,1-2H3,(H,43,44);1-3,5-6,9-16,25,27H,4,7-8,17H2,(H,37,38)/b35-20+,37-30+;29-16+. The van der Waals surface area contributed by atoms with Crippen molar-refractivity contribution in [3.8, 4) is 51.8 Å². The first-order chi connectivity index (χ1) is 40.9. The van der Waals surface area contributed by atoms with Crippen LogP contribution in [0.1, 0.15) is 103 Å². The maximum Gasteiger partial charge on any atom is 0.349 e. The molecular formula is C71H55N7O4S2. The third kappa shape index (κ3) is 9.54. The van der Waals surface area contributed by atoms with Gasteiger partial charge in [-0.05, 0) is 136 Å². The van der Waals surface area contributed by atoms with Crippen LogP contribution in [0.15, 0.2) is 164 Å². The Morgan fingerprint density at radius 3 is 1.64 bits per heavy atom. The molecule has 4 heterocycles. The summed E-state index contributed by atoms with van der Waals surface area (Å²) < 4.78 is 2.40. The molecule has 2 aromatic heterocycles. The summed E-state index contributed by atoms with van der Waals surface area (Å²) in [5.74, 6) is -1.19. The molecule has 2 aliphatic heterocycles. The summed E-state index contributed by atoms with van der Waals surface area (Å²) in [5, 5.41) is 47.1. The maximum absolute atomic E-state index is 11.8. The molecule has 4 unspecified atom stereocenters. The van der Waals surface area contributed by atoms with E-state index in [0.717, 1.165) is 73.9 Å². The molecule has 2 N–H and O–H groups in total. The lowest BCUT2D eigenvalue weighted by Gasteiger charge is -2.28. The van der Waals surface area contributed by atoms with Gasteiger partial charge < -0.3 is 20.0 Å². The lowest BCUT2D eigenvalue weighted by Crippen LogP contribution is -2.26. The van der Waals surface area contributed by atoms with E-state index in [2.05, 4.69) is 125 Å². The van der Waals surface area contributed by atoms with Crippen LogP contribution in [0.3, 0.4) is 0 Å². The van der Waals surface area contributed by atoms with Crippen molar-refractivity contribution in [1.29, 1.82) is 15.8 Å². The van der Waals surface area contributed by atoms with E-state index >= 15 is 0 Å². The van der Waals surface area contributed by atoms with E-state index in [4.69, 9.17) is 5.11 Å². The van der Waals surface area contributed by atoms with Crippen LogP contribution in [0.4, 0.5) is 22.7 Å². The molecule has 3 aliphatic carbocycles. The second kappa shape index (κ2) is 21.9. The van der Waals surface area contributed by atoms with Crippen molar-refractivity contribution in [2.24, 2.45) is 0 Å². The van der Waals surface area contributed by atoms with E-state index in [-0.39, 0.29) is 27.6 Å². The minimum Gasteiger partial charge on any atom is -0.481 e. The molecule has 14 rings (SSSR count). The molecule has 4 atom stereocenters. The Morgan fingerprint density at radius 1 is 0.583 bits per heavy atom. The van der Waals surface area contributed by atoms with Crippen molar-refractivity contribution in [2.45, 2.75) is 88.1 Å². The van der Waals surface area contributed by atoms with E-state index in [1.807, 2.05) is 103 Å². The van der Waals surface area contributed by atoms with Crippen molar-refractivity contribution >= 4 is 80.7 Å². The lowest BCUT2D eigenvalue weighted by atomic mass is 9.82. The Kier molecular flexibility index (Phi) is 14.0. The molecule has 2 fully saturated rings. The first-order valence-electron chi connectivity index (χ1n) is 28.3. The summed E-state index contributed by atoms with van der Waals surface area (Å²) in [4.78, 5) is 37.2. The molecule has 0 saturated heterocycles. The maximum atomic E-state index is 11.8. The van der Waals surface area contributed by atoms with Gasteiger partial charge in [-0.15, -0.1) is 22.7 Å². The Bertz CT molecular complexity index is 4530. The molecule has 0 amide bonds. The van der Waals surface area contributed by atoms with Crippen LogP contribution in [0, 0.1) is 34.0 Å². The average molecular weight is 1130 g/mol. The second-order valence-corrected chi connectivity index (χ2v) is 24.7. The normalized spacial score (nSPS) is 18.9. The number of nitriles is 3. The average Bonchev–Trinajstić information content (AvgIpc) is 2.25. The molecule has 13 heteroatoms. The molecule has 410 valence electrons. The SMILES string of the molecule is CC1(C)c2ccccc2-c2cc(N3c4ccc(/C=c5/s/c(=C(\C#N)C(=O)O)nc5-c5ccccc5)cc4C4CCCC43)ccc21.N#CC(C#N)=c1nc(-c2ccccc2)/c(=C\c2ccc3c(c2)C2CCCC2N3c2ccc(CC(=O)O)cc2)s1. The van der Waals surface area contributed by atoms with Crippen LogP contribution < -0.4 is 28.2 Å². The number of carbonyl (C=O) groups is 2. The number of fused-ring (bicyclic) bond motifs is 9. The van der Waals surface area contributed by atoms with Crippen molar-refractivity contribution in [2.75, 3.05) is 9.80 Å². The highest BCUT2D eigenvalue weighted by atomic mass is 32.1. The number of carboxylic acids is 2. The van der Waals surface area contributed by atoms with Crippen LogP contribution in [0.2, 0.25) is 0 Å². The number of hydrogen-bond acceptors (Lipinski definition) is 11. The number of aliphatic carboxylic acids is 2. The Morgan fingerprint density at radius 2 is 1.10 bits per heavy atom. The van der Waals surface area contributed by atoms with Crippen molar-refractivity contribution in [1.82, 2.24) is 9.97 Å². The molecule has 2 saturated carbocycles. The lowest BCUT2D eigenvalue weighted by molar-refractivity contribution is -0.136. The van der Waals surface area contributed by atoms with Gasteiger partial charge in [-0.2, -0.15) is 15.8 Å². The third-order valence-corrected chi connectivity index (χ3v) is 19.5. The minimum atomic E-state index is -1.26. The fourth-order valence-electron chi connectivity index (χ4n) is 13.7. The summed E-state index contributed by atoms with van der Waals surface area (Å²) in [7, 11) is 0. The summed E-state index contributed by atoms with van der Waals surface area (Å²) in [6.45, 7) is 4.65. The molecular weight excluding hydrogens is 1080 g/mol. The van der Waals surface area contributed by atoms with E-state index in [9.17, 15) is 30.5 Å². The first kappa shape index (κ1) is 53.6. The molecule has 0 radical (unpaired) electrons. The van der Waals surface area contributed by atoms with E-state index in [1.165, 1.54) is 86.0 Å². The fraction of sp³-hybridized carbons (Fsp3) is 0.197. The van der Waals surface area contributed by atoms with Crippen LogP contribution in [-0.2, 0) is 21.4 Å². The van der Waals surface area contributed by atoms with Gasteiger partial charge in [0.05, 0.1) is 26.9 Å². The van der Waals surface area contributed by atoms with Crippen molar-refractivity contribution in [3.63, 3.8) is 0 Å². The smallest absolute Gasteiger partial charge is 0.349 e. The van der Waals surface area contributed by atoms with Crippen LogP contribution in [0.25, 0.3) is 56.9 Å². The molecule has 7 aromatic carbocycles. The van der Waals surface area contributed by atoms with E-state index in [1.54, 1.807) is 0 Å². The number of aromatic nitrogens is 2. The van der Waals surface area contributed by atoms with Crippen LogP contribution in [-0.4, -0.2) is 44.2 Å². The molecule has 5 aliphatic rings. The van der Waals surface area contributed by atoms with Gasteiger partial charge in [0.25, 0.3) is 0 Å². The topological polar surface area (TPSA) is 178 Å². The molecule has 0 spiro atoms. The van der Waals surface area contributed by atoms with Crippen LogP contribution >= 0.6 is 22.7 Å². The summed E-state index contributed by atoms with van der Waals surface area (Å²) in [5.41, 5.74) is 18.8. The van der Waals surface area contributed by atoms with E-state index < -0.39 is 11.9 Å². The molecule has 11 nitrogen and oxygen atoms in total. The van der Waals surface area contributed by atoms with Gasteiger partial charge in [0.15, 0.2) is 11.1 Å². The number of carboxylic acid groups (broad SMARTS) is 2. The van der Waals surface area contributed by atoms with Crippen molar-refractivity contribution in [3.05, 3.63) is 221 Å². The zero-order chi connectivity index (χ0) is 57.8. The second-order valence-electron chi connectivity index (χ2n) is 22.6. The third-order valence-electron chi connectivity index (χ3n) is 17.4. The molecule has 84 heavy (non-hydrogen) atoms. The monoisotopic (exact) mass is 1130 g/mol. The first-order valence-corrected chi connectivity index (χ1v) is 30.0. The number of rotatable bonds is 9. The van der Waals surface area contributed by atoms with Gasteiger partial charge in [-0.1, -0.05) is 142 Å². The highest BCUT2D eigenvalue weighted by molar-refractivity contribution is 7.08. The van der Waals surface area contributed by atoms with Gasteiger partial charge in [0, 0.05) is 63.2 Å². The fourth-order valence-corrected chi connectivity index (χ4v) is 15.7. The van der Waals surface area contributed by atoms with E-state index in [0.29, 0.717) is 34.3 Å². The Labute approximate surface area is 494 Å². The highest BCUT2D eigenvalue weighted by Crippen LogP contribution is 2.56. The summed E-state index contributed by atoms with van der Waals surface area (Å²) >= 11 is 2.61. The van der Waals surface area contributed by atoms with Gasteiger partial charge in [0.1, 0.15) is 27.5 Å². The van der Waals surface area contributed by atoms with Gasteiger partial charge in [-0.25, -0.2) is 14.8 Å².